The second-order valence-electron chi connectivity index (χ2n) is 10.2. The molecule has 4 rings (SSSR count). The molecule has 0 spiro atoms. The van der Waals surface area contributed by atoms with Crippen LogP contribution in [0.3, 0.4) is 0 Å². The van der Waals surface area contributed by atoms with Crippen molar-refractivity contribution in [1.29, 1.82) is 0 Å². The Labute approximate surface area is 243 Å². The van der Waals surface area contributed by atoms with E-state index in [1.165, 1.54) is 5.56 Å². The first kappa shape index (κ1) is 29.6. The van der Waals surface area contributed by atoms with E-state index in [4.69, 9.17) is 4.74 Å². The highest BCUT2D eigenvalue weighted by Crippen LogP contribution is 2.23. The largest absolute Gasteiger partial charge is 0.497 e. The summed E-state index contributed by atoms with van der Waals surface area (Å²) in [6.07, 6.45) is 2.02. The fraction of sp³-hybridized carbons (Fsp3) is 0.257. The second-order valence-corrected chi connectivity index (χ2v) is 10.2. The first-order chi connectivity index (χ1) is 20.0. The number of nitrogens with one attached hydrogen (secondary N) is 2. The summed E-state index contributed by atoms with van der Waals surface area (Å²) in [6, 6.07) is 34.8. The summed E-state index contributed by atoms with van der Waals surface area (Å²) in [6.45, 7) is 2.08. The SMILES string of the molecule is COc1ccc(CN(C)CCC[C@H](NC(=O)c2ccccc2-c2ccccc2)C(=O)NCCc2ccccc2)cc1. The Bertz CT molecular complexity index is 1370. The summed E-state index contributed by atoms with van der Waals surface area (Å²) < 4.78 is 5.25. The van der Waals surface area contributed by atoms with Crippen LogP contribution >= 0.6 is 0 Å². The Kier molecular flexibility index (Phi) is 11.1. The molecule has 0 aliphatic heterocycles. The minimum Gasteiger partial charge on any atom is -0.497 e. The first-order valence-corrected chi connectivity index (χ1v) is 14.1. The van der Waals surface area contributed by atoms with Gasteiger partial charge in [-0.15, -0.1) is 0 Å². The molecule has 0 radical (unpaired) electrons. The molecule has 0 aromatic heterocycles. The van der Waals surface area contributed by atoms with Gasteiger partial charge in [-0.25, -0.2) is 0 Å². The van der Waals surface area contributed by atoms with Crippen LogP contribution in [-0.4, -0.2) is 50.0 Å². The molecule has 1 atom stereocenters. The molecule has 0 heterocycles. The van der Waals surface area contributed by atoms with Crippen LogP contribution in [0.4, 0.5) is 0 Å². The molecule has 41 heavy (non-hydrogen) atoms. The molecule has 0 bridgehead atoms. The van der Waals surface area contributed by atoms with Crippen molar-refractivity contribution in [2.45, 2.75) is 31.8 Å². The Morgan fingerprint density at radius 1 is 0.805 bits per heavy atom. The number of nitrogens with zero attached hydrogens (tertiary/aromatic N) is 1. The van der Waals surface area contributed by atoms with E-state index in [-0.39, 0.29) is 11.8 Å². The molecule has 0 fully saturated rings. The fourth-order valence-electron chi connectivity index (χ4n) is 4.84. The molecule has 4 aromatic rings. The number of carbonyl (C=O) groups excluding carboxylic acids is 2. The average Bonchev–Trinajstić information content (AvgIpc) is 3.01. The van der Waals surface area contributed by atoms with E-state index in [2.05, 4.69) is 34.7 Å². The number of methoxy groups -OCH3 is 1. The van der Waals surface area contributed by atoms with Crippen LogP contribution in [0.25, 0.3) is 11.1 Å². The van der Waals surface area contributed by atoms with Gasteiger partial charge in [0.05, 0.1) is 7.11 Å². The lowest BCUT2D eigenvalue weighted by atomic mass is 9.98. The topological polar surface area (TPSA) is 70.7 Å². The van der Waals surface area contributed by atoms with E-state index in [1.54, 1.807) is 7.11 Å². The van der Waals surface area contributed by atoms with Crippen molar-refractivity contribution in [3.8, 4) is 16.9 Å². The van der Waals surface area contributed by atoms with Crippen LogP contribution in [0.1, 0.15) is 34.3 Å². The summed E-state index contributed by atoms with van der Waals surface area (Å²) >= 11 is 0. The van der Waals surface area contributed by atoms with E-state index in [9.17, 15) is 9.59 Å². The zero-order valence-corrected chi connectivity index (χ0v) is 23.9. The zero-order chi connectivity index (χ0) is 28.9. The normalized spacial score (nSPS) is 11.6. The Morgan fingerprint density at radius 2 is 1.46 bits per heavy atom. The van der Waals surface area contributed by atoms with Crippen molar-refractivity contribution in [3.63, 3.8) is 0 Å². The number of carbonyl (C=O) groups is 2. The van der Waals surface area contributed by atoms with Gasteiger partial charge in [0.25, 0.3) is 5.91 Å². The zero-order valence-electron chi connectivity index (χ0n) is 23.9. The van der Waals surface area contributed by atoms with Gasteiger partial charge in [-0.2, -0.15) is 0 Å². The predicted octanol–water partition coefficient (Wildman–Crippen LogP) is 5.73. The minimum absolute atomic E-state index is 0.163. The number of hydrogen-bond acceptors (Lipinski definition) is 4. The highest BCUT2D eigenvalue weighted by atomic mass is 16.5. The van der Waals surface area contributed by atoms with Crippen LogP contribution in [-0.2, 0) is 17.8 Å². The maximum atomic E-state index is 13.5. The lowest BCUT2D eigenvalue weighted by molar-refractivity contribution is -0.123. The fourth-order valence-corrected chi connectivity index (χ4v) is 4.84. The van der Waals surface area contributed by atoms with E-state index in [0.717, 1.165) is 48.4 Å². The van der Waals surface area contributed by atoms with E-state index in [0.29, 0.717) is 18.5 Å². The second kappa shape index (κ2) is 15.4. The maximum absolute atomic E-state index is 13.5. The lowest BCUT2D eigenvalue weighted by Gasteiger charge is -2.22. The lowest BCUT2D eigenvalue weighted by Crippen LogP contribution is -2.47. The molecule has 0 unspecified atom stereocenters. The third-order valence-corrected chi connectivity index (χ3v) is 7.08. The number of hydrogen-bond donors (Lipinski definition) is 2. The molecule has 212 valence electrons. The van der Waals surface area contributed by atoms with E-state index in [1.807, 2.05) is 97.1 Å². The summed E-state index contributed by atoms with van der Waals surface area (Å²) in [5.41, 5.74) is 4.70. The summed E-state index contributed by atoms with van der Waals surface area (Å²) in [5, 5.41) is 6.09. The minimum atomic E-state index is -0.642. The molecular formula is C35H39N3O3. The molecule has 0 saturated heterocycles. The third kappa shape index (κ3) is 9.05. The number of ether oxygens (including phenoxy) is 1. The third-order valence-electron chi connectivity index (χ3n) is 7.08. The number of rotatable bonds is 14. The quantitative estimate of drug-likeness (QED) is 0.211. The molecule has 4 aromatic carbocycles. The molecule has 6 nitrogen and oxygen atoms in total. The van der Waals surface area contributed by atoms with Gasteiger partial charge in [0.1, 0.15) is 11.8 Å². The van der Waals surface area contributed by atoms with Gasteiger partial charge in [-0.1, -0.05) is 91.0 Å². The van der Waals surface area contributed by atoms with Crippen molar-refractivity contribution < 1.29 is 14.3 Å². The van der Waals surface area contributed by atoms with Crippen molar-refractivity contribution in [3.05, 3.63) is 126 Å². The van der Waals surface area contributed by atoms with Crippen molar-refractivity contribution in [1.82, 2.24) is 15.5 Å². The highest BCUT2D eigenvalue weighted by molar-refractivity contribution is 6.02. The van der Waals surface area contributed by atoms with Gasteiger partial charge in [0.15, 0.2) is 0 Å². The number of amides is 2. The van der Waals surface area contributed by atoms with Crippen LogP contribution in [0, 0.1) is 0 Å². The van der Waals surface area contributed by atoms with Crippen LogP contribution in [0.2, 0.25) is 0 Å². The van der Waals surface area contributed by atoms with E-state index >= 15 is 0 Å². The Hall–Kier alpha value is -4.42. The van der Waals surface area contributed by atoms with Crippen molar-refractivity contribution >= 4 is 11.8 Å². The predicted molar refractivity (Wildman–Crippen MR) is 165 cm³/mol. The molecule has 6 heteroatoms. The summed E-state index contributed by atoms with van der Waals surface area (Å²) in [5.74, 6) is 0.422. The summed E-state index contributed by atoms with van der Waals surface area (Å²) in [7, 11) is 3.72. The monoisotopic (exact) mass is 549 g/mol. The summed E-state index contributed by atoms with van der Waals surface area (Å²) in [4.78, 5) is 29.1. The van der Waals surface area contributed by atoms with Gasteiger partial charge in [0, 0.05) is 18.7 Å². The van der Waals surface area contributed by atoms with Gasteiger partial charge in [0.2, 0.25) is 5.91 Å². The van der Waals surface area contributed by atoms with Crippen LogP contribution in [0.5, 0.6) is 5.75 Å². The molecule has 0 aliphatic carbocycles. The van der Waals surface area contributed by atoms with Crippen molar-refractivity contribution in [2.75, 3.05) is 27.2 Å². The number of benzene rings is 4. The van der Waals surface area contributed by atoms with Gasteiger partial charge in [-0.05, 0) is 73.3 Å². The first-order valence-electron chi connectivity index (χ1n) is 14.1. The average molecular weight is 550 g/mol. The molecule has 2 amide bonds. The standard InChI is InChI=1S/C35H39N3O3/c1-38(26-28-19-21-30(41-2)22-20-28)25-11-18-33(35(40)36-24-23-27-12-5-3-6-13-27)37-34(39)32-17-10-9-16-31(32)29-14-7-4-8-15-29/h3-10,12-17,19-22,33H,11,18,23-26H2,1-2H3,(H,36,40)(H,37,39)/t33-/m0/s1. The molecule has 0 aliphatic rings. The Balaban J connectivity index is 1.40. The molecular weight excluding hydrogens is 510 g/mol. The van der Waals surface area contributed by atoms with Gasteiger partial charge in [-0.3, -0.25) is 9.59 Å². The molecule has 0 saturated carbocycles. The maximum Gasteiger partial charge on any atom is 0.252 e. The van der Waals surface area contributed by atoms with Crippen LogP contribution < -0.4 is 15.4 Å². The van der Waals surface area contributed by atoms with Crippen LogP contribution in [0.15, 0.2) is 109 Å². The molecule has 2 N–H and O–H groups in total. The van der Waals surface area contributed by atoms with E-state index < -0.39 is 6.04 Å². The van der Waals surface area contributed by atoms with Gasteiger partial charge >= 0.3 is 0 Å². The Morgan fingerprint density at radius 3 is 2.17 bits per heavy atom. The van der Waals surface area contributed by atoms with Gasteiger partial charge < -0.3 is 20.3 Å². The smallest absolute Gasteiger partial charge is 0.252 e. The van der Waals surface area contributed by atoms with Crippen molar-refractivity contribution in [2.24, 2.45) is 0 Å². The highest BCUT2D eigenvalue weighted by Gasteiger charge is 2.23.